The Hall–Kier alpha value is -0.560. The molecule has 0 bridgehead atoms. The monoisotopic (exact) mass is 319 g/mol. The van der Waals surface area contributed by atoms with Crippen LogP contribution in [0.25, 0.3) is 0 Å². The third-order valence-electron chi connectivity index (χ3n) is 2.65. The van der Waals surface area contributed by atoms with Gasteiger partial charge in [-0.25, -0.2) is 8.42 Å². The molecule has 20 heavy (non-hydrogen) atoms. The first-order valence-electron chi connectivity index (χ1n) is 6.74. The van der Waals surface area contributed by atoms with Gasteiger partial charge in [-0.15, -0.1) is 0 Å². The minimum absolute atomic E-state index is 0.368. The molecule has 0 N–H and O–H groups in total. The molecule has 0 aliphatic carbocycles. The van der Waals surface area contributed by atoms with Crippen molar-refractivity contribution in [3.05, 3.63) is 0 Å². The second-order valence-corrected chi connectivity index (χ2v) is 10.6. The van der Waals surface area contributed by atoms with E-state index in [9.17, 15) is 8.42 Å². The van der Waals surface area contributed by atoms with Gasteiger partial charge >= 0.3 is 0 Å². The van der Waals surface area contributed by atoms with Crippen molar-refractivity contribution in [3.63, 3.8) is 0 Å². The molecule has 1 rings (SSSR count). The van der Waals surface area contributed by atoms with Crippen LogP contribution in [0.3, 0.4) is 0 Å². The highest BCUT2D eigenvalue weighted by Crippen LogP contribution is 2.17. The Balaban J connectivity index is 2.81. The Kier molecular flexibility index (Phi) is 5.66. The summed E-state index contributed by atoms with van der Waals surface area (Å²) in [6, 6.07) is 0. The van der Waals surface area contributed by atoms with Gasteiger partial charge in [-0.1, -0.05) is 0 Å². The smallest absolute Gasteiger partial charge is 0.146 e. The summed E-state index contributed by atoms with van der Waals surface area (Å²) in [6.45, 7) is 12.1. The van der Waals surface area contributed by atoms with Crippen molar-refractivity contribution in [1.29, 1.82) is 0 Å². The molecule has 0 aromatic rings. The number of nitrogens with zero attached hydrogens (tertiary/aromatic N) is 3. The standard InChI is InChI=1S/C13H25N3O2S2/c1-12(2,3)19(17)14-10-16-9-7-8-11(16)15-20(18)13(4,5)6/h10H,7-9H2,1-6H3/b14-10+,15-11+/t19-,20-/m1/s1. The van der Waals surface area contributed by atoms with Gasteiger partial charge in [-0.3, -0.25) is 0 Å². The number of hydrogen-bond donors (Lipinski definition) is 0. The average Bonchev–Trinajstić information content (AvgIpc) is 2.70. The van der Waals surface area contributed by atoms with E-state index >= 15 is 0 Å². The number of hydrogen-bond acceptors (Lipinski definition) is 2. The molecule has 0 radical (unpaired) electrons. The summed E-state index contributed by atoms with van der Waals surface area (Å²) in [5.74, 6) is 0.771. The van der Waals surface area contributed by atoms with E-state index in [2.05, 4.69) is 8.80 Å². The average molecular weight is 319 g/mol. The predicted molar refractivity (Wildman–Crippen MR) is 87.7 cm³/mol. The van der Waals surface area contributed by atoms with Gasteiger partial charge in [0.25, 0.3) is 0 Å². The first kappa shape index (κ1) is 17.5. The molecule has 0 amide bonds. The van der Waals surface area contributed by atoms with Crippen LogP contribution in [0.4, 0.5) is 0 Å². The van der Waals surface area contributed by atoms with Gasteiger partial charge in [0.15, 0.2) is 0 Å². The molecule has 0 spiro atoms. The van der Waals surface area contributed by atoms with Crippen LogP contribution in [0.5, 0.6) is 0 Å². The van der Waals surface area contributed by atoms with E-state index in [0.29, 0.717) is 0 Å². The Morgan fingerprint density at radius 2 is 1.60 bits per heavy atom. The maximum Gasteiger partial charge on any atom is 0.146 e. The SMILES string of the molecule is CC(C)(C)[S@@](=O)/N=C/N1CCC/C1=N\[S@](=O)C(C)(C)C. The van der Waals surface area contributed by atoms with Crippen LogP contribution < -0.4 is 0 Å². The highest BCUT2D eigenvalue weighted by molar-refractivity contribution is 7.85. The van der Waals surface area contributed by atoms with Gasteiger partial charge in [0.1, 0.15) is 34.1 Å². The van der Waals surface area contributed by atoms with Crippen LogP contribution in [-0.4, -0.2) is 41.5 Å². The fourth-order valence-electron chi connectivity index (χ4n) is 1.39. The van der Waals surface area contributed by atoms with Crippen molar-refractivity contribution in [1.82, 2.24) is 4.90 Å². The van der Waals surface area contributed by atoms with E-state index in [1.165, 1.54) is 0 Å². The highest BCUT2D eigenvalue weighted by atomic mass is 32.2. The van der Waals surface area contributed by atoms with Crippen LogP contribution in [0.2, 0.25) is 0 Å². The molecule has 0 saturated carbocycles. The van der Waals surface area contributed by atoms with E-state index in [4.69, 9.17) is 0 Å². The molecule has 0 aromatic heterocycles. The summed E-state index contributed by atoms with van der Waals surface area (Å²) in [4.78, 5) is 1.85. The molecule has 7 heteroatoms. The van der Waals surface area contributed by atoms with Crippen LogP contribution in [0.15, 0.2) is 8.80 Å². The van der Waals surface area contributed by atoms with Gasteiger partial charge in [-0.05, 0) is 48.0 Å². The fourth-order valence-corrected chi connectivity index (χ4v) is 2.57. The quantitative estimate of drug-likeness (QED) is 0.593. The van der Waals surface area contributed by atoms with Crippen molar-refractivity contribution in [2.45, 2.75) is 63.9 Å². The second-order valence-electron chi connectivity index (χ2n) is 6.75. The molecule has 5 nitrogen and oxygen atoms in total. The summed E-state index contributed by atoms with van der Waals surface area (Å²) in [6.07, 6.45) is 3.32. The Labute approximate surface area is 127 Å². The molecule has 1 aliphatic rings. The zero-order valence-electron chi connectivity index (χ0n) is 13.2. The minimum atomic E-state index is -1.28. The highest BCUT2D eigenvalue weighted by Gasteiger charge is 2.24. The third-order valence-corrected chi connectivity index (χ3v) is 5.41. The molecule has 1 saturated heterocycles. The summed E-state index contributed by atoms with van der Waals surface area (Å²) in [5, 5.41) is 0. The van der Waals surface area contributed by atoms with Crippen LogP contribution in [0, 0.1) is 0 Å². The molecule has 0 aromatic carbocycles. The topological polar surface area (TPSA) is 62.1 Å². The lowest BCUT2D eigenvalue weighted by Gasteiger charge is -2.18. The number of rotatable bonds is 3. The molecule has 2 atom stereocenters. The normalized spacial score (nSPS) is 22.7. The predicted octanol–water partition coefficient (Wildman–Crippen LogP) is 2.43. The lowest BCUT2D eigenvalue weighted by molar-refractivity contribution is 0.644. The van der Waals surface area contributed by atoms with E-state index in [1.807, 2.05) is 46.4 Å². The van der Waals surface area contributed by atoms with Crippen molar-refractivity contribution in [3.8, 4) is 0 Å². The first-order chi connectivity index (χ1) is 9.01. The molecule has 1 fully saturated rings. The van der Waals surface area contributed by atoms with Crippen molar-refractivity contribution in [2.24, 2.45) is 8.80 Å². The van der Waals surface area contributed by atoms with Crippen LogP contribution in [-0.2, 0) is 22.0 Å². The van der Waals surface area contributed by atoms with Crippen molar-refractivity contribution in [2.75, 3.05) is 6.54 Å². The summed E-state index contributed by atoms with van der Waals surface area (Å²) < 4.78 is 31.6. The number of likely N-dealkylation sites (tertiary alicyclic amines) is 1. The molecular weight excluding hydrogens is 294 g/mol. The summed E-state index contributed by atoms with van der Waals surface area (Å²) in [7, 11) is -2.55. The molecule has 1 heterocycles. The Bertz CT molecular complexity index is 459. The molecule has 1 aliphatic heterocycles. The van der Waals surface area contributed by atoms with Crippen molar-refractivity contribution < 1.29 is 8.42 Å². The fraction of sp³-hybridized carbons (Fsp3) is 0.846. The third kappa shape index (κ3) is 5.09. The largest absolute Gasteiger partial charge is 0.319 e. The maximum absolute atomic E-state index is 12.1. The minimum Gasteiger partial charge on any atom is -0.319 e. The zero-order chi connectivity index (χ0) is 15.6. The van der Waals surface area contributed by atoms with Crippen molar-refractivity contribution >= 4 is 34.1 Å². The molecular formula is C13H25N3O2S2. The zero-order valence-corrected chi connectivity index (χ0v) is 14.8. The lowest BCUT2D eigenvalue weighted by Crippen LogP contribution is -2.28. The van der Waals surface area contributed by atoms with Gasteiger partial charge < -0.3 is 4.90 Å². The van der Waals surface area contributed by atoms with Gasteiger partial charge in [0.2, 0.25) is 0 Å². The van der Waals surface area contributed by atoms with Crippen LogP contribution >= 0.6 is 0 Å². The molecule has 0 unspecified atom stereocenters. The lowest BCUT2D eigenvalue weighted by atomic mass is 10.3. The second kappa shape index (κ2) is 6.47. The van der Waals surface area contributed by atoms with E-state index in [1.54, 1.807) is 6.34 Å². The Morgan fingerprint density at radius 3 is 2.10 bits per heavy atom. The van der Waals surface area contributed by atoms with E-state index in [0.717, 1.165) is 25.2 Å². The van der Waals surface area contributed by atoms with Gasteiger partial charge in [0, 0.05) is 13.0 Å². The Morgan fingerprint density at radius 1 is 1.05 bits per heavy atom. The maximum atomic E-state index is 12.1. The molecule has 116 valence electrons. The first-order valence-corrected chi connectivity index (χ1v) is 8.95. The summed E-state index contributed by atoms with van der Waals surface area (Å²) in [5.41, 5.74) is 0. The summed E-state index contributed by atoms with van der Waals surface area (Å²) >= 11 is 0. The van der Waals surface area contributed by atoms with Crippen LogP contribution in [0.1, 0.15) is 54.4 Å². The number of amidine groups is 1. The van der Waals surface area contributed by atoms with Gasteiger partial charge in [-0.2, -0.15) is 8.80 Å². The van der Waals surface area contributed by atoms with E-state index < -0.39 is 22.0 Å². The van der Waals surface area contributed by atoms with E-state index in [-0.39, 0.29) is 9.49 Å². The van der Waals surface area contributed by atoms with Gasteiger partial charge in [0.05, 0.1) is 9.49 Å².